The van der Waals surface area contributed by atoms with E-state index < -0.39 is 0 Å². The normalized spacial score (nSPS) is 11.0. The van der Waals surface area contributed by atoms with Crippen molar-refractivity contribution in [2.75, 3.05) is 0 Å². The molecule has 0 unspecified atom stereocenters. The molecule has 0 spiro atoms. The number of hydrogen-bond donors (Lipinski definition) is 1. The molecule has 96 valence electrons. The molecule has 0 atom stereocenters. The van der Waals surface area contributed by atoms with Gasteiger partial charge in [-0.25, -0.2) is 9.55 Å². The van der Waals surface area contributed by atoms with Crippen LogP contribution in [0.3, 0.4) is 0 Å². The van der Waals surface area contributed by atoms with Gasteiger partial charge in [0.15, 0.2) is 11.0 Å². The molecular weight excluding hydrogens is 232 g/mol. The molecule has 0 bridgehead atoms. The van der Waals surface area contributed by atoms with Gasteiger partial charge in [0.05, 0.1) is 0 Å². The number of aryl methyl sites for hydroxylation is 1. The van der Waals surface area contributed by atoms with Gasteiger partial charge >= 0.3 is 0 Å². The molecular formula is C17H19N2+. The van der Waals surface area contributed by atoms with Crippen LogP contribution in [-0.2, 0) is 13.0 Å². The Labute approximate surface area is 113 Å². The predicted molar refractivity (Wildman–Crippen MR) is 78.0 cm³/mol. The van der Waals surface area contributed by atoms with Crippen LogP contribution < -0.4 is 4.57 Å². The van der Waals surface area contributed by atoms with Crippen LogP contribution in [0.1, 0.15) is 24.7 Å². The van der Waals surface area contributed by atoms with E-state index in [9.17, 15) is 0 Å². The first-order valence-corrected chi connectivity index (χ1v) is 6.92. The van der Waals surface area contributed by atoms with Crippen LogP contribution in [0, 0.1) is 0 Å². The Morgan fingerprint density at radius 3 is 2.47 bits per heavy atom. The highest BCUT2D eigenvalue weighted by Gasteiger charge is 2.17. The van der Waals surface area contributed by atoms with Crippen molar-refractivity contribution >= 4 is 11.0 Å². The van der Waals surface area contributed by atoms with Gasteiger partial charge in [-0.15, -0.1) is 0 Å². The molecule has 0 radical (unpaired) electrons. The first-order chi connectivity index (χ1) is 9.38. The summed E-state index contributed by atoms with van der Waals surface area (Å²) in [5.74, 6) is 1.31. The van der Waals surface area contributed by atoms with Gasteiger partial charge in [0.2, 0.25) is 0 Å². The number of imidazole rings is 1. The zero-order chi connectivity index (χ0) is 13.1. The molecule has 3 aromatic rings. The quantitative estimate of drug-likeness (QED) is 0.685. The summed E-state index contributed by atoms with van der Waals surface area (Å²) in [7, 11) is 0. The van der Waals surface area contributed by atoms with Crippen molar-refractivity contribution in [1.29, 1.82) is 0 Å². The van der Waals surface area contributed by atoms with Crippen LogP contribution in [0.2, 0.25) is 0 Å². The summed E-state index contributed by atoms with van der Waals surface area (Å²) >= 11 is 0. The van der Waals surface area contributed by atoms with E-state index in [1.807, 2.05) is 0 Å². The average Bonchev–Trinajstić information content (AvgIpc) is 2.79. The standard InChI is InChI=1S/C17H18N2/c1-2-8-17-18-15-11-6-7-12-16(15)19(17)13-14-9-4-3-5-10-14/h3-7,9-12H,2,8,13H2,1H3/p+1. The molecule has 2 nitrogen and oxygen atoms in total. The van der Waals surface area contributed by atoms with Crippen LogP contribution in [0.25, 0.3) is 11.0 Å². The largest absolute Gasteiger partial charge is 0.255 e. The van der Waals surface area contributed by atoms with Crippen LogP contribution in [-0.4, -0.2) is 4.98 Å². The first-order valence-electron chi connectivity index (χ1n) is 6.92. The third kappa shape index (κ3) is 2.39. The summed E-state index contributed by atoms with van der Waals surface area (Å²) in [6.45, 7) is 3.15. The Hall–Kier alpha value is -2.09. The summed E-state index contributed by atoms with van der Waals surface area (Å²) in [6.07, 6.45) is 2.24. The number of aromatic amines is 1. The highest BCUT2D eigenvalue weighted by atomic mass is 15.1. The Kier molecular flexibility index (Phi) is 3.32. The molecule has 0 fully saturated rings. The maximum Gasteiger partial charge on any atom is 0.255 e. The molecule has 19 heavy (non-hydrogen) atoms. The van der Waals surface area contributed by atoms with Gasteiger partial charge < -0.3 is 0 Å². The number of rotatable bonds is 4. The number of para-hydroxylation sites is 2. The molecule has 2 heteroatoms. The minimum atomic E-state index is 0.931. The van der Waals surface area contributed by atoms with Crippen LogP contribution in [0.15, 0.2) is 54.6 Å². The predicted octanol–water partition coefficient (Wildman–Crippen LogP) is 3.46. The van der Waals surface area contributed by atoms with Gasteiger partial charge in [0.25, 0.3) is 5.82 Å². The second kappa shape index (κ2) is 5.27. The second-order valence-electron chi connectivity index (χ2n) is 4.91. The Morgan fingerprint density at radius 2 is 1.68 bits per heavy atom. The molecule has 1 heterocycles. The molecule has 0 saturated carbocycles. The molecule has 1 N–H and O–H groups in total. The van der Waals surface area contributed by atoms with Crippen LogP contribution in [0.5, 0.6) is 0 Å². The third-order valence-electron chi connectivity index (χ3n) is 3.47. The van der Waals surface area contributed by atoms with Crippen molar-refractivity contribution in [3.05, 3.63) is 66.0 Å². The van der Waals surface area contributed by atoms with Crippen molar-refractivity contribution in [2.24, 2.45) is 0 Å². The lowest BCUT2D eigenvalue weighted by Gasteiger charge is -2.02. The fourth-order valence-corrected chi connectivity index (χ4v) is 2.56. The van der Waals surface area contributed by atoms with Gasteiger partial charge in [0, 0.05) is 6.42 Å². The molecule has 0 amide bonds. The highest BCUT2D eigenvalue weighted by Crippen LogP contribution is 2.11. The monoisotopic (exact) mass is 251 g/mol. The Morgan fingerprint density at radius 1 is 0.947 bits per heavy atom. The summed E-state index contributed by atoms with van der Waals surface area (Å²) in [5, 5.41) is 0. The SMILES string of the molecule is CCCc1[nH]c2ccccc2[n+]1Cc1ccccc1. The van der Waals surface area contributed by atoms with E-state index in [2.05, 4.69) is 71.1 Å². The van der Waals surface area contributed by atoms with Gasteiger partial charge in [0.1, 0.15) is 6.54 Å². The number of aromatic nitrogens is 2. The lowest BCUT2D eigenvalue weighted by molar-refractivity contribution is -0.670. The fraction of sp³-hybridized carbons (Fsp3) is 0.235. The van der Waals surface area contributed by atoms with Crippen LogP contribution >= 0.6 is 0 Å². The smallest absolute Gasteiger partial charge is 0.241 e. The van der Waals surface area contributed by atoms with Crippen molar-refractivity contribution in [3.8, 4) is 0 Å². The minimum absolute atomic E-state index is 0.931. The van der Waals surface area contributed by atoms with Crippen molar-refractivity contribution < 1.29 is 4.57 Å². The van der Waals surface area contributed by atoms with Crippen molar-refractivity contribution in [2.45, 2.75) is 26.3 Å². The lowest BCUT2D eigenvalue weighted by Crippen LogP contribution is -2.37. The summed E-state index contributed by atoms with van der Waals surface area (Å²) in [6, 6.07) is 19.2. The zero-order valence-electron chi connectivity index (χ0n) is 11.3. The van der Waals surface area contributed by atoms with E-state index in [4.69, 9.17) is 0 Å². The zero-order valence-corrected chi connectivity index (χ0v) is 11.3. The number of benzene rings is 2. The minimum Gasteiger partial charge on any atom is -0.241 e. The molecule has 0 aliphatic rings. The van der Waals surface area contributed by atoms with Gasteiger partial charge in [-0.1, -0.05) is 49.4 Å². The summed E-state index contributed by atoms with van der Waals surface area (Å²) < 4.78 is 2.40. The number of fused-ring (bicyclic) bond motifs is 1. The fourth-order valence-electron chi connectivity index (χ4n) is 2.56. The summed E-state index contributed by atoms with van der Waals surface area (Å²) in [4.78, 5) is 3.55. The first kappa shape index (κ1) is 12.0. The number of nitrogens with zero attached hydrogens (tertiary/aromatic N) is 1. The Bertz CT molecular complexity index is 668. The van der Waals surface area contributed by atoms with Gasteiger partial charge in [-0.2, -0.15) is 0 Å². The number of H-pyrrole nitrogens is 1. The molecule has 1 aromatic heterocycles. The van der Waals surface area contributed by atoms with E-state index in [1.165, 1.54) is 22.4 Å². The van der Waals surface area contributed by atoms with E-state index in [0.717, 1.165) is 19.4 Å². The number of nitrogens with one attached hydrogen (secondary N) is 1. The van der Waals surface area contributed by atoms with E-state index in [1.54, 1.807) is 0 Å². The maximum absolute atomic E-state index is 3.55. The Balaban J connectivity index is 2.07. The van der Waals surface area contributed by atoms with Gasteiger partial charge in [-0.3, -0.25) is 0 Å². The second-order valence-corrected chi connectivity index (χ2v) is 4.91. The average molecular weight is 251 g/mol. The molecule has 3 rings (SSSR count). The molecule has 0 aliphatic carbocycles. The maximum atomic E-state index is 3.55. The van der Waals surface area contributed by atoms with E-state index in [0.29, 0.717) is 0 Å². The van der Waals surface area contributed by atoms with E-state index in [-0.39, 0.29) is 0 Å². The van der Waals surface area contributed by atoms with Crippen LogP contribution in [0.4, 0.5) is 0 Å². The van der Waals surface area contributed by atoms with Gasteiger partial charge in [-0.05, 0) is 24.1 Å². The topological polar surface area (TPSA) is 19.7 Å². The third-order valence-corrected chi connectivity index (χ3v) is 3.47. The van der Waals surface area contributed by atoms with Crippen molar-refractivity contribution in [3.63, 3.8) is 0 Å². The lowest BCUT2D eigenvalue weighted by atomic mass is 10.2. The van der Waals surface area contributed by atoms with Crippen molar-refractivity contribution in [1.82, 2.24) is 4.98 Å². The highest BCUT2D eigenvalue weighted by molar-refractivity contribution is 5.71. The number of hydrogen-bond acceptors (Lipinski definition) is 0. The molecule has 0 saturated heterocycles. The van der Waals surface area contributed by atoms with E-state index >= 15 is 0 Å². The molecule has 0 aliphatic heterocycles. The summed E-state index contributed by atoms with van der Waals surface area (Å²) in [5.41, 5.74) is 3.85. The molecule has 2 aromatic carbocycles.